The van der Waals surface area contributed by atoms with Gasteiger partial charge in [0.1, 0.15) is 0 Å². The van der Waals surface area contributed by atoms with Crippen LogP contribution in [0.25, 0.3) is 0 Å². The third kappa shape index (κ3) is 4.59. The molecular weight excluding hydrogens is 196 g/mol. The second kappa shape index (κ2) is 6.76. The third-order valence-corrected chi connectivity index (χ3v) is 2.47. The van der Waals surface area contributed by atoms with Gasteiger partial charge in [0.05, 0.1) is 26.2 Å². The molecule has 0 aromatic carbocycles. The maximum absolute atomic E-state index is 11.6. The van der Waals surface area contributed by atoms with E-state index < -0.39 is 0 Å². The standard InChI is InChI=1S/C10H20N2O3/c1-14-6-7-15-5-3-10(13)12-4-2-9(11)8-12/h9H,2-8,11H2,1H3/t9-/m0/s1. The van der Waals surface area contributed by atoms with Crippen LogP contribution in [0.15, 0.2) is 0 Å². The highest BCUT2D eigenvalue weighted by Crippen LogP contribution is 2.08. The SMILES string of the molecule is COCCOCCC(=O)N1CC[C@H](N)C1. The zero-order chi connectivity index (χ0) is 11.1. The van der Waals surface area contributed by atoms with Crippen LogP contribution in [-0.2, 0) is 14.3 Å². The van der Waals surface area contributed by atoms with Crippen molar-refractivity contribution in [1.29, 1.82) is 0 Å². The molecular formula is C10H20N2O3. The number of likely N-dealkylation sites (tertiary alicyclic amines) is 1. The van der Waals surface area contributed by atoms with Crippen LogP contribution in [0.5, 0.6) is 0 Å². The van der Waals surface area contributed by atoms with Gasteiger partial charge in [0.15, 0.2) is 0 Å². The molecule has 2 N–H and O–H groups in total. The number of carbonyl (C=O) groups excluding carboxylic acids is 1. The van der Waals surface area contributed by atoms with Gasteiger partial charge < -0.3 is 20.1 Å². The summed E-state index contributed by atoms with van der Waals surface area (Å²) >= 11 is 0. The molecule has 88 valence electrons. The van der Waals surface area contributed by atoms with E-state index >= 15 is 0 Å². The second-order valence-electron chi connectivity index (χ2n) is 3.74. The third-order valence-electron chi connectivity index (χ3n) is 2.47. The summed E-state index contributed by atoms with van der Waals surface area (Å²) in [5.41, 5.74) is 5.72. The van der Waals surface area contributed by atoms with E-state index in [9.17, 15) is 4.79 Å². The fourth-order valence-electron chi connectivity index (χ4n) is 1.58. The van der Waals surface area contributed by atoms with Gasteiger partial charge in [-0.25, -0.2) is 0 Å². The molecule has 1 saturated heterocycles. The number of hydrogen-bond donors (Lipinski definition) is 1. The minimum Gasteiger partial charge on any atom is -0.382 e. The number of ether oxygens (including phenoxy) is 2. The first kappa shape index (κ1) is 12.4. The molecule has 0 bridgehead atoms. The van der Waals surface area contributed by atoms with E-state index in [1.807, 2.05) is 4.90 Å². The molecule has 0 spiro atoms. The van der Waals surface area contributed by atoms with Gasteiger partial charge in [-0.3, -0.25) is 4.79 Å². The van der Waals surface area contributed by atoms with Crippen molar-refractivity contribution in [1.82, 2.24) is 4.90 Å². The highest BCUT2D eigenvalue weighted by molar-refractivity contribution is 5.76. The Morgan fingerprint density at radius 1 is 1.47 bits per heavy atom. The van der Waals surface area contributed by atoms with Crippen molar-refractivity contribution < 1.29 is 14.3 Å². The molecule has 5 heteroatoms. The van der Waals surface area contributed by atoms with Crippen LogP contribution in [0.2, 0.25) is 0 Å². The van der Waals surface area contributed by atoms with Gasteiger partial charge >= 0.3 is 0 Å². The van der Waals surface area contributed by atoms with Crippen molar-refractivity contribution >= 4 is 5.91 Å². The van der Waals surface area contributed by atoms with E-state index in [-0.39, 0.29) is 11.9 Å². The summed E-state index contributed by atoms with van der Waals surface area (Å²) in [4.78, 5) is 13.4. The first-order valence-electron chi connectivity index (χ1n) is 5.34. The van der Waals surface area contributed by atoms with Crippen molar-refractivity contribution in [2.24, 2.45) is 5.73 Å². The van der Waals surface area contributed by atoms with Gasteiger partial charge in [-0.15, -0.1) is 0 Å². The van der Waals surface area contributed by atoms with E-state index in [2.05, 4.69) is 0 Å². The Bertz CT molecular complexity index is 199. The molecule has 0 aromatic rings. The Morgan fingerprint density at radius 2 is 2.27 bits per heavy atom. The molecule has 1 aliphatic rings. The Hall–Kier alpha value is -0.650. The van der Waals surface area contributed by atoms with Crippen LogP contribution in [0.4, 0.5) is 0 Å². The van der Waals surface area contributed by atoms with Crippen LogP contribution in [0, 0.1) is 0 Å². The number of amides is 1. The quantitative estimate of drug-likeness (QED) is 0.614. The van der Waals surface area contributed by atoms with E-state index in [0.717, 1.165) is 13.0 Å². The lowest BCUT2D eigenvalue weighted by atomic mass is 10.3. The minimum absolute atomic E-state index is 0.139. The molecule has 1 fully saturated rings. The van der Waals surface area contributed by atoms with Crippen molar-refractivity contribution in [3.8, 4) is 0 Å². The van der Waals surface area contributed by atoms with E-state index in [1.54, 1.807) is 7.11 Å². The number of methoxy groups -OCH3 is 1. The molecule has 15 heavy (non-hydrogen) atoms. The fraction of sp³-hybridized carbons (Fsp3) is 0.900. The molecule has 1 aliphatic heterocycles. The highest BCUT2D eigenvalue weighted by atomic mass is 16.5. The largest absolute Gasteiger partial charge is 0.382 e. The lowest BCUT2D eigenvalue weighted by Gasteiger charge is -2.15. The Labute approximate surface area is 90.5 Å². The van der Waals surface area contributed by atoms with Gasteiger partial charge in [-0.2, -0.15) is 0 Å². The lowest BCUT2D eigenvalue weighted by Crippen LogP contribution is -2.32. The summed E-state index contributed by atoms with van der Waals surface area (Å²) < 4.78 is 10.1. The van der Waals surface area contributed by atoms with Gasteiger partial charge in [-0.1, -0.05) is 0 Å². The number of rotatable bonds is 6. The van der Waals surface area contributed by atoms with Crippen LogP contribution >= 0.6 is 0 Å². The average molecular weight is 216 g/mol. The number of nitrogens with zero attached hydrogens (tertiary/aromatic N) is 1. The van der Waals surface area contributed by atoms with Gasteiger partial charge in [-0.05, 0) is 6.42 Å². The average Bonchev–Trinajstić information content (AvgIpc) is 2.64. The Kier molecular flexibility index (Phi) is 5.60. The molecule has 5 nitrogen and oxygen atoms in total. The van der Waals surface area contributed by atoms with Gasteiger partial charge in [0, 0.05) is 26.2 Å². The number of carbonyl (C=O) groups is 1. The molecule has 0 radical (unpaired) electrons. The van der Waals surface area contributed by atoms with E-state index in [0.29, 0.717) is 32.8 Å². The highest BCUT2D eigenvalue weighted by Gasteiger charge is 2.22. The molecule has 0 unspecified atom stereocenters. The Morgan fingerprint density at radius 3 is 2.87 bits per heavy atom. The summed E-state index contributed by atoms with van der Waals surface area (Å²) in [5.74, 6) is 0.139. The van der Waals surface area contributed by atoms with Crippen molar-refractivity contribution in [3.05, 3.63) is 0 Å². The summed E-state index contributed by atoms with van der Waals surface area (Å²) in [6, 6.07) is 0.156. The molecule has 1 atom stereocenters. The van der Waals surface area contributed by atoms with Crippen molar-refractivity contribution in [3.63, 3.8) is 0 Å². The monoisotopic (exact) mass is 216 g/mol. The molecule has 1 heterocycles. The smallest absolute Gasteiger partial charge is 0.224 e. The van der Waals surface area contributed by atoms with Gasteiger partial charge in [0.25, 0.3) is 0 Å². The zero-order valence-corrected chi connectivity index (χ0v) is 9.28. The van der Waals surface area contributed by atoms with Crippen LogP contribution in [-0.4, -0.2) is 56.9 Å². The van der Waals surface area contributed by atoms with E-state index in [4.69, 9.17) is 15.2 Å². The summed E-state index contributed by atoms with van der Waals surface area (Å²) in [7, 11) is 1.63. The number of nitrogens with two attached hydrogens (primary N) is 1. The van der Waals surface area contributed by atoms with Crippen molar-refractivity contribution in [2.45, 2.75) is 18.9 Å². The van der Waals surface area contributed by atoms with Crippen LogP contribution in [0.1, 0.15) is 12.8 Å². The minimum atomic E-state index is 0.139. The normalized spacial score (nSPS) is 20.9. The molecule has 1 amide bonds. The van der Waals surface area contributed by atoms with Crippen molar-refractivity contribution in [2.75, 3.05) is 40.0 Å². The summed E-state index contributed by atoms with van der Waals surface area (Å²) in [6.45, 7) is 3.06. The lowest BCUT2D eigenvalue weighted by molar-refractivity contribution is -0.131. The second-order valence-corrected chi connectivity index (χ2v) is 3.74. The summed E-state index contributed by atoms with van der Waals surface area (Å²) in [5, 5.41) is 0. The summed E-state index contributed by atoms with van der Waals surface area (Å²) in [6.07, 6.45) is 1.35. The fourth-order valence-corrected chi connectivity index (χ4v) is 1.58. The van der Waals surface area contributed by atoms with Crippen LogP contribution < -0.4 is 5.73 Å². The predicted molar refractivity (Wildman–Crippen MR) is 56.5 cm³/mol. The zero-order valence-electron chi connectivity index (χ0n) is 9.28. The van der Waals surface area contributed by atoms with E-state index in [1.165, 1.54) is 0 Å². The Balaban J connectivity index is 2.03. The first-order chi connectivity index (χ1) is 7.24. The molecule has 0 aliphatic carbocycles. The maximum Gasteiger partial charge on any atom is 0.224 e. The predicted octanol–water partition coefficient (Wildman–Crippen LogP) is -0.401. The first-order valence-corrected chi connectivity index (χ1v) is 5.34. The maximum atomic E-state index is 11.6. The molecule has 0 saturated carbocycles. The topological polar surface area (TPSA) is 64.8 Å². The van der Waals surface area contributed by atoms with Gasteiger partial charge in [0.2, 0.25) is 5.91 Å². The number of hydrogen-bond acceptors (Lipinski definition) is 4. The molecule has 1 rings (SSSR count). The van der Waals surface area contributed by atoms with Crippen LogP contribution in [0.3, 0.4) is 0 Å². The molecule has 0 aromatic heterocycles.